The fourth-order valence-corrected chi connectivity index (χ4v) is 4.35. The molecule has 152 valence electrons. The molecule has 1 aromatic carbocycles. The van der Waals surface area contributed by atoms with Crippen LogP contribution in [0.25, 0.3) is 0 Å². The van der Waals surface area contributed by atoms with Crippen molar-refractivity contribution >= 4 is 27.3 Å². The van der Waals surface area contributed by atoms with Gasteiger partial charge in [0.25, 0.3) is 15.9 Å². The molecule has 28 heavy (non-hydrogen) atoms. The Labute approximate surface area is 165 Å². The van der Waals surface area contributed by atoms with Crippen molar-refractivity contribution in [1.82, 2.24) is 4.31 Å². The summed E-state index contributed by atoms with van der Waals surface area (Å²) in [7, 11) is -3.77. The van der Waals surface area contributed by atoms with Gasteiger partial charge >= 0.3 is 0 Å². The minimum atomic E-state index is -3.77. The van der Waals surface area contributed by atoms with Crippen LogP contribution in [0.3, 0.4) is 0 Å². The molecule has 1 fully saturated rings. The SMILES string of the molecule is CCN(CC)c1ccc(NC(=O)c2ccc(S(=O)(=O)N3CCOCC3)o2)cc1. The molecule has 0 atom stereocenters. The number of morpholine rings is 1. The minimum absolute atomic E-state index is 0.0559. The van der Waals surface area contributed by atoms with Crippen LogP contribution in [0, 0.1) is 0 Å². The molecule has 0 aliphatic carbocycles. The van der Waals surface area contributed by atoms with E-state index in [-0.39, 0.29) is 23.9 Å². The third-order valence-electron chi connectivity index (χ3n) is 4.62. The van der Waals surface area contributed by atoms with Crippen molar-refractivity contribution in [2.24, 2.45) is 0 Å². The molecule has 2 aromatic rings. The summed E-state index contributed by atoms with van der Waals surface area (Å²) in [4.78, 5) is 14.6. The van der Waals surface area contributed by atoms with Gasteiger partial charge in [-0.05, 0) is 50.2 Å². The molecule has 8 nitrogen and oxygen atoms in total. The van der Waals surface area contributed by atoms with E-state index in [0.717, 1.165) is 18.8 Å². The van der Waals surface area contributed by atoms with E-state index in [2.05, 4.69) is 24.1 Å². The highest BCUT2D eigenvalue weighted by Gasteiger charge is 2.30. The summed E-state index contributed by atoms with van der Waals surface area (Å²) in [5, 5.41) is 2.49. The molecular formula is C19H25N3O5S. The minimum Gasteiger partial charge on any atom is -0.438 e. The normalized spacial score (nSPS) is 15.4. The van der Waals surface area contributed by atoms with Crippen molar-refractivity contribution < 1.29 is 22.4 Å². The third-order valence-corrected chi connectivity index (χ3v) is 6.40. The van der Waals surface area contributed by atoms with Gasteiger partial charge in [-0.15, -0.1) is 0 Å². The number of hydrogen-bond acceptors (Lipinski definition) is 6. The molecule has 0 bridgehead atoms. The van der Waals surface area contributed by atoms with Crippen LogP contribution >= 0.6 is 0 Å². The second-order valence-corrected chi connectivity index (χ2v) is 8.18. The molecule has 1 N–H and O–H groups in total. The summed E-state index contributed by atoms with van der Waals surface area (Å²) >= 11 is 0. The Morgan fingerprint density at radius 1 is 1.07 bits per heavy atom. The first-order valence-corrected chi connectivity index (χ1v) is 10.7. The van der Waals surface area contributed by atoms with Crippen molar-refractivity contribution in [2.75, 3.05) is 49.6 Å². The largest absolute Gasteiger partial charge is 0.438 e. The molecule has 0 unspecified atom stereocenters. The van der Waals surface area contributed by atoms with Crippen LogP contribution in [0.4, 0.5) is 11.4 Å². The number of ether oxygens (including phenoxy) is 1. The van der Waals surface area contributed by atoms with Crippen molar-refractivity contribution in [3.05, 3.63) is 42.2 Å². The van der Waals surface area contributed by atoms with Gasteiger partial charge in [-0.25, -0.2) is 8.42 Å². The van der Waals surface area contributed by atoms with Crippen LogP contribution in [0.2, 0.25) is 0 Å². The van der Waals surface area contributed by atoms with Gasteiger partial charge in [0.1, 0.15) is 0 Å². The average molecular weight is 407 g/mol. The van der Waals surface area contributed by atoms with Crippen LogP contribution in [0.5, 0.6) is 0 Å². The summed E-state index contributed by atoms with van der Waals surface area (Å²) in [6.45, 7) is 7.18. The molecule has 1 saturated heterocycles. The maximum absolute atomic E-state index is 12.6. The van der Waals surface area contributed by atoms with E-state index in [1.54, 1.807) is 12.1 Å². The highest BCUT2D eigenvalue weighted by molar-refractivity contribution is 7.89. The molecule has 1 aliphatic rings. The van der Waals surface area contributed by atoms with E-state index in [0.29, 0.717) is 18.9 Å². The number of carbonyl (C=O) groups is 1. The third kappa shape index (κ3) is 4.37. The number of sulfonamides is 1. The van der Waals surface area contributed by atoms with Crippen LogP contribution in [0.15, 0.2) is 45.9 Å². The van der Waals surface area contributed by atoms with Crippen LogP contribution in [-0.4, -0.2) is 58.0 Å². The molecule has 1 aromatic heterocycles. The standard InChI is InChI=1S/C19H25N3O5S/c1-3-21(4-2)16-7-5-15(6-8-16)20-19(23)17-9-10-18(27-17)28(24,25)22-11-13-26-14-12-22/h5-10H,3-4,11-14H2,1-2H3,(H,20,23). The van der Waals surface area contributed by atoms with Crippen LogP contribution < -0.4 is 10.2 Å². The van der Waals surface area contributed by atoms with Gasteiger partial charge < -0.3 is 19.4 Å². The topological polar surface area (TPSA) is 92.1 Å². The molecule has 0 radical (unpaired) electrons. The average Bonchev–Trinajstić information content (AvgIpc) is 3.22. The number of nitrogens with zero attached hydrogens (tertiary/aromatic N) is 2. The van der Waals surface area contributed by atoms with E-state index in [1.807, 2.05) is 12.1 Å². The lowest BCUT2D eigenvalue weighted by molar-refractivity contribution is 0.0723. The predicted molar refractivity (Wildman–Crippen MR) is 106 cm³/mol. The first kappa shape index (κ1) is 20.4. The lowest BCUT2D eigenvalue weighted by Gasteiger charge is -2.24. The number of nitrogens with one attached hydrogen (secondary N) is 1. The number of furan rings is 1. The van der Waals surface area contributed by atoms with Crippen molar-refractivity contribution in [3.63, 3.8) is 0 Å². The number of rotatable bonds is 7. The van der Waals surface area contributed by atoms with Gasteiger partial charge in [-0.1, -0.05) is 0 Å². The molecule has 3 rings (SSSR count). The fraction of sp³-hybridized carbons (Fsp3) is 0.421. The summed E-state index contributed by atoms with van der Waals surface area (Å²) < 4.78 is 37.0. The Morgan fingerprint density at radius 2 is 1.71 bits per heavy atom. The highest BCUT2D eigenvalue weighted by Crippen LogP contribution is 2.22. The summed E-state index contributed by atoms with van der Waals surface area (Å²) in [6, 6.07) is 10.1. The van der Waals surface area contributed by atoms with Gasteiger partial charge in [0.2, 0.25) is 5.09 Å². The van der Waals surface area contributed by atoms with Gasteiger partial charge in [0.15, 0.2) is 5.76 Å². The quantitative estimate of drug-likeness (QED) is 0.758. The van der Waals surface area contributed by atoms with E-state index in [9.17, 15) is 13.2 Å². The Kier molecular flexibility index (Phi) is 6.38. The Morgan fingerprint density at radius 3 is 2.32 bits per heavy atom. The first-order valence-electron chi connectivity index (χ1n) is 9.29. The predicted octanol–water partition coefficient (Wildman–Crippen LogP) is 2.40. The lowest BCUT2D eigenvalue weighted by atomic mass is 10.2. The lowest BCUT2D eigenvalue weighted by Crippen LogP contribution is -2.40. The fourth-order valence-electron chi connectivity index (χ4n) is 3.03. The number of hydrogen-bond donors (Lipinski definition) is 1. The van der Waals surface area contributed by atoms with Crippen molar-refractivity contribution in [2.45, 2.75) is 18.9 Å². The van der Waals surface area contributed by atoms with Crippen LogP contribution in [0.1, 0.15) is 24.4 Å². The van der Waals surface area contributed by atoms with Crippen molar-refractivity contribution in [1.29, 1.82) is 0 Å². The maximum Gasteiger partial charge on any atom is 0.291 e. The smallest absolute Gasteiger partial charge is 0.291 e. The van der Waals surface area contributed by atoms with E-state index in [1.165, 1.54) is 16.4 Å². The highest BCUT2D eigenvalue weighted by atomic mass is 32.2. The molecule has 1 aliphatic heterocycles. The number of amides is 1. The Hall–Kier alpha value is -2.36. The number of benzene rings is 1. The summed E-state index contributed by atoms with van der Waals surface area (Å²) in [5.41, 5.74) is 1.68. The zero-order valence-corrected chi connectivity index (χ0v) is 16.9. The second kappa shape index (κ2) is 8.76. The summed E-state index contributed by atoms with van der Waals surface area (Å²) in [5.74, 6) is -0.557. The van der Waals surface area contributed by atoms with Crippen molar-refractivity contribution in [3.8, 4) is 0 Å². The second-order valence-electron chi connectivity index (χ2n) is 6.31. The molecule has 2 heterocycles. The van der Waals surface area contributed by atoms with E-state index in [4.69, 9.17) is 9.15 Å². The van der Waals surface area contributed by atoms with Gasteiger partial charge in [0.05, 0.1) is 13.2 Å². The Bertz CT molecular complexity index is 898. The number of anilines is 2. The Balaban J connectivity index is 1.69. The van der Waals surface area contributed by atoms with Crippen LogP contribution in [-0.2, 0) is 14.8 Å². The molecule has 9 heteroatoms. The van der Waals surface area contributed by atoms with Gasteiger partial charge in [-0.3, -0.25) is 4.79 Å². The monoisotopic (exact) mass is 407 g/mol. The van der Waals surface area contributed by atoms with Gasteiger partial charge in [0, 0.05) is 37.6 Å². The molecule has 0 spiro atoms. The zero-order chi connectivity index (χ0) is 20.1. The summed E-state index contributed by atoms with van der Waals surface area (Å²) in [6.07, 6.45) is 0. The van der Waals surface area contributed by atoms with E-state index >= 15 is 0 Å². The molecular weight excluding hydrogens is 382 g/mol. The maximum atomic E-state index is 12.6. The molecule has 1 amide bonds. The zero-order valence-electron chi connectivity index (χ0n) is 16.1. The first-order chi connectivity index (χ1) is 13.5. The van der Waals surface area contributed by atoms with Gasteiger partial charge in [-0.2, -0.15) is 4.31 Å². The number of carbonyl (C=O) groups excluding carboxylic acids is 1. The molecule has 0 saturated carbocycles. The van der Waals surface area contributed by atoms with E-state index < -0.39 is 15.9 Å².